The third-order valence-electron chi connectivity index (χ3n) is 3.44. The van der Waals surface area contributed by atoms with Gasteiger partial charge in [-0.3, -0.25) is 4.79 Å². The van der Waals surface area contributed by atoms with Crippen LogP contribution in [-0.4, -0.2) is 36.4 Å². The van der Waals surface area contributed by atoms with E-state index in [0.29, 0.717) is 0 Å². The van der Waals surface area contributed by atoms with Crippen molar-refractivity contribution in [2.75, 3.05) is 13.2 Å². The number of halogens is 3. The molecule has 1 aliphatic heterocycles. The van der Waals surface area contributed by atoms with Gasteiger partial charge in [-0.1, -0.05) is 12.1 Å². The quantitative estimate of drug-likeness (QED) is 0.859. The van der Waals surface area contributed by atoms with Gasteiger partial charge in [0.25, 0.3) is 0 Å². The molecule has 2 N–H and O–H groups in total. The summed E-state index contributed by atoms with van der Waals surface area (Å²) < 4.78 is 42.9. The number of rotatable bonds is 3. The van der Waals surface area contributed by atoms with Crippen molar-refractivity contribution in [3.05, 3.63) is 35.4 Å². The molecule has 0 radical (unpaired) electrons. The molecular weight excluding hydrogens is 315 g/mol. The first-order valence-corrected chi connectivity index (χ1v) is 6.68. The van der Waals surface area contributed by atoms with Crippen molar-refractivity contribution < 1.29 is 27.5 Å². The van der Waals surface area contributed by atoms with Gasteiger partial charge < -0.3 is 10.5 Å². The minimum absolute atomic E-state index is 0.0750. The van der Waals surface area contributed by atoms with Gasteiger partial charge in [0.05, 0.1) is 18.7 Å². The molecule has 1 unspecified atom stereocenters. The molecule has 6 nitrogen and oxygen atoms in total. The largest absolute Gasteiger partial charge is 0.465 e. The molecule has 0 saturated heterocycles. The number of esters is 1. The highest BCUT2D eigenvalue weighted by Crippen LogP contribution is 2.34. The summed E-state index contributed by atoms with van der Waals surface area (Å²) in [6, 6.07) is 3.17. The minimum atomic E-state index is -4.49. The molecule has 1 aliphatic rings. The van der Waals surface area contributed by atoms with Crippen molar-refractivity contribution >= 4 is 18.2 Å². The summed E-state index contributed by atoms with van der Waals surface area (Å²) in [4.78, 5) is 23.5. The molecule has 23 heavy (non-hydrogen) atoms. The average molecular weight is 329 g/mol. The first kappa shape index (κ1) is 16.8. The van der Waals surface area contributed by atoms with Crippen LogP contribution in [0.15, 0.2) is 29.4 Å². The van der Waals surface area contributed by atoms with E-state index in [2.05, 4.69) is 5.10 Å². The molecule has 9 heteroatoms. The smallest absolute Gasteiger partial charge is 0.416 e. The zero-order chi connectivity index (χ0) is 17.3. The lowest BCUT2D eigenvalue weighted by Crippen LogP contribution is -2.45. The van der Waals surface area contributed by atoms with Crippen LogP contribution in [0.1, 0.15) is 18.1 Å². The number of alkyl halides is 3. The molecule has 0 aliphatic carbocycles. The predicted molar refractivity (Wildman–Crippen MR) is 74.5 cm³/mol. The van der Waals surface area contributed by atoms with Crippen LogP contribution in [0.25, 0.3) is 0 Å². The number of primary amides is 1. The fourth-order valence-electron chi connectivity index (χ4n) is 2.24. The Kier molecular flexibility index (Phi) is 4.31. The Balaban J connectivity index is 2.42. The first-order valence-electron chi connectivity index (χ1n) is 6.68. The Hall–Kier alpha value is -2.58. The maximum atomic E-state index is 12.7. The van der Waals surface area contributed by atoms with Crippen LogP contribution in [0, 0.1) is 0 Å². The fraction of sp³-hybridized carbons (Fsp3) is 0.357. The van der Waals surface area contributed by atoms with Gasteiger partial charge in [-0.2, -0.15) is 18.3 Å². The van der Waals surface area contributed by atoms with Gasteiger partial charge in [-0.25, -0.2) is 9.80 Å². The summed E-state index contributed by atoms with van der Waals surface area (Å²) in [6.07, 6.45) is -3.32. The van der Waals surface area contributed by atoms with Gasteiger partial charge in [-0.15, -0.1) is 0 Å². The average Bonchev–Trinajstić information content (AvgIpc) is 2.93. The number of amides is 2. The normalized spacial score (nSPS) is 20.6. The van der Waals surface area contributed by atoms with Gasteiger partial charge in [0.2, 0.25) is 0 Å². The van der Waals surface area contributed by atoms with E-state index in [0.717, 1.165) is 29.3 Å². The SMILES string of the molecule is CCOC(=O)C1(c2ccc(C(F)(F)F)cc2)C=NN(C(N)=O)C1. The number of nitrogens with zero attached hydrogens (tertiary/aromatic N) is 2. The van der Waals surface area contributed by atoms with Crippen LogP contribution in [0.2, 0.25) is 0 Å². The van der Waals surface area contributed by atoms with E-state index < -0.39 is 29.2 Å². The highest BCUT2D eigenvalue weighted by Gasteiger charge is 2.47. The fourth-order valence-corrected chi connectivity index (χ4v) is 2.24. The summed E-state index contributed by atoms with van der Waals surface area (Å²) >= 11 is 0. The number of carbonyl (C=O) groups is 2. The molecule has 2 amide bonds. The Morgan fingerprint density at radius 1 is 1.35 bits per heavy atom. The van der Waals surface area contributed by atoms with Crippen molar-refractivity contribution in [3.8, 4) is 0 Å². The van der Waals surface area contributed by atoms with Crippen molar-refractivity contribution in [2.24, 2.45) is 10.8 Å². The Morgan fingerprint density at radius 2 is 1.96 bits per heavy atom. The number of urea groups is 1. The number of hydrazone groups is 1. The van der Waals surface area contributed by atoms with Gasteiger partial charge in [-0.05, 0) is 24.6 Å². The van der Waals surface area contributed by atoms with E-state index in [4.69, 9.17) is 10.5 Å². The number of hydrogen-bond acceptors (Lipinski definition) is 4. The summed E-state index contributed by atoms with van der Waals surface area (Å²) in [7, 11) is 0. The van der Waals surface area contributed by atoms with Crippen LogP contribution in [-0.2, 0) is 21.1 Å². The van der Waals surface area contributed by atoms with Crippen molar-refractivity contribution in [3.63, 3.8) is 0 Å². The third-order valence-corrected chi connectivity index (χ3v) is 3.44. The Bertz CT molecular complexity index is 643. The molecule has 124 valence electrons. The van der Waals surface area contributed by atoms with Gasteiger partial charge in [0.15, 0.2) is 0 Å². The van der Waals surface area contributed by atoms with Crippen LogP contribution in [0.4, 0.5) is 18.0 Å². The van der Waals surface area contributed by atoms with Crippen molar-refractivity contribution in [2.45, 2.75) is 18.5 Å². The van der Waals surface area contributed by atoms with Crippen LogP contribution in [0.3, 0.4) is 0 Å². The molecule has 1 heterocycles. The molecule has 1 aromatic carbocycles. The Morgan fingerprint density at radius 3 is 2.39 bits per heavy atom. The van der Waals surface area contributed by atoms with E-state index in [1.165, 1.54) is 6.21 Å². The van der Waals surface area contributed by atoms with Gasteiger partial charge in [0, 0.05) is 6.21 Å². The van der Waals surface area contributed by atoms with Gasteiger partial charge >= 0.3 is 18.2 Å². The first-order chi connectivity index (χ1) is 10.7. The van der Waals surface area contributed by atoms with E-state index >= 15 is 0 Å². The third kappa shape index (κ3) is 3.13. The lowest BCUT2D eigenvalue weighted by atomic mass is 9.81. The molecule has 0 saturated carbocycles. The summed E-state index contributed by atoms with van der Waals surface area (Å²) in [5, 5.41) is 4.61. The minimum Gasteiger partial charge on any atom is -0.465 e. The molecule has 0 spiro atoms. The van der Waals surface area contributed by atoms with Crippen molar-refractivity contribution in [1.29, 1.82) is 0 Å². The zero-order valence-corrected chi connectivity index (χ0v) is 12.1. The highest BCUT2D eigenvalue weighted by atomic mass is 19.4. The van der Waals surface area contributed by atoms with E-state index in [9.17, 15) is 22.8 Å². The van der Waals surface area contributed by atoms with Crippen molar-refractivity contribution in [1.82, 2.24) is 5.01 Å². The zero-order valence-electron chi connectivity index (χ0n) is 12.1. The topological polar surface area (TPSA) is 85.0 Å². The molecular formula is C14H14F3N3O3. The summed E-state index contributed by atoms with van der Waals surface area (Å²) in [6.45, 7) is 1.44. The maximum absolute atomic E-state index is 12.7. The van der Waals surface area contributed by atoms with E-state index in [1.54, 1.807) is 6.92 Å². The monoisotopic (exact) mass is 329 g/mol. The molecule has 0 bridgehead atoms. The number of hydrogen-bond donors (Lipinski definition) is 1. The maximum Gasteiger partial charge on any atom is 0.416 e. The van der Waals surface area contributed by atoms with E-state index in [-0.39, 0.29) is 18.7 Å². The predicted octanol–water partition coefficient (Wildman–Crippen LogP) is 1.89. The van der Waals surface area contributed by atoms with Gasteiger partial charge in [0.1, 0.15) is 5.41 Å². The lowest BCUT2D eigenvalue weighted by molar-refractivity contribution is -0.147. The molecule has 1 aromatic rings. The molecule has 1 atom stereocenters. The second-order valence-corrected chi connectivity index (χ2v) is 4.91. The van der Waals surface area contributed by atoms with E-state index in [1.807, 2.05) is 0 Å². The number of carbonyl (C=O) groups excluding carboxylic acids is 2. The number of nitrogens with two attached hydrogens (primary N) is 1. The lowest BCUT2D eigenvalue weighted by Gasteiger charge is -2.25. The van der Waals surface area contributed by atoms with Crippen LogP contribution >= 0.6 is 0 Å². The summed E-state index contributed by atoms with van der Waals surface area (Å²) in [5.74, 6) is -0.716. The van der Waals surface area contributed by atoms with Crippen LogP contribution in [0.5, 0.6) is 0 Å². The highest BCUT2D eigenvalue weighted by molar-refractivity contribution is 6.04. The molecule has 2 rings (SSSR count). The second kappa shape index (κ2) is 5.90. The number of ether oxygens (including phenoxy) is 1. The number of benzene rings is 1. The molecule has 0 aromatic heterocycles. The standard InChI is InChI=1S/C14H14F3N3O3/c1-2-23-11(21)13(7-19-20(8-13)12(18)22)9-3-5-10(6-4-9)14(15,16)17/h3-7H,2,8H2,1H3,(H2,18,22). The van der Waals surface area contributed by atoms with Crippen LogP contribution < -0.4 is 5.73 Å². The Labute approximate surface area is 129 Å². The second-order valence-electron chi connectivity index (χ2n) is 4.91. The molecule has 0 fully saturated rings. The summed E-state index contributed by atoms with van der Waals surface area (Å²) in [5.41, 5.74) is 3.03.